The first kappa shape index (κ1) is 27.2. The van der Waals surface area contributed by atoms with Crippen LogP contribution in [-0.2, 0) is 0 Å². The molecule has 1 heterocycles. The Morgan fingerprint density at radius 2 is 1.75 bits per heavy atom. The number of aromatic nitrogens is 1. The van der Waals surface area contributed by atoms with E-state index in [0.29, 0.717) is 39.8 Å². The summed E-state index contributed by atoms with van der Waals surface area (Å²) in [6, 6.07) is 26.8. The number of aromatic amines is 1. The van der Waals surface area contributed by atoms with Gasteiger partial charge in [-0.15, -0.1) is 0 Å². The monoisotopic (exact) mass is 615 g/mol. The maximum atomic E-state index is 13.3. The van der Waals surface area contributed by atoms with Gasteiger partial charge in [-0.3, -0.25) is 4.79 Å². The zero-order chi connectivity index (χ0) is 28.1. The Morgan fingerprint density at radius 3 is 2.52 bits per heavy atom. The van der Waals surface area contributed by atoms with Gasteiger partial charge in [0.15, 0.2) is 11.5 Å². The van der Waals surface area contributed by atoms with Crippen LogP contribution in [0.5, 0.6) is 11.5 Å². The molecule has 200 valence electrons. The Bertz CT molecular complexity index is 1730. The largest absolute Gasteiger partial charge is 0.490 e. The summed E-state index contributed by atoms with van der Waals surface area (Å²) in [6.45, 7) is 2.20. The lowest BCUT2D eigenvalue weighted by atomic mass is 10.0. The molecule has 5 aromatic rings. The number of hydrogen-bond donors (Lipinski definition) is 2. The summed E-state index contributed by atoms with van der Waals surface area (Å²) in [6.07, 6.45) is 1.48. The van der Waals surface area contributed by atoms with Crippen molar-refractivity contribution in [1.82, 2.24) is 10.4 Å². The number of carbonyl (C=O) groups is 2. The highest BCUT2D eigenvalue weighted by molar-refractivity contribution is 9.10. The van der Waals surface area contributed by atoms with E-state index < -0.39 is 11.9 Å². The van der Waals surface area contributed by atoms with Gasteiger partial charge in [-0.2, -0.15) is 5.10 Å². The SMILES string of the molecule is CCOc1cc(C=NNC(=O)c2[nH]c3ccc(Br)cc3c2-c2ccccc2Cl)ccc1OC(=O)c1ccccc1. The number of benzene rings is 4. The number of rotatable bonds is 8. The van der Waals surface area contributed by atoms with E-state index in [9.17, 15) is 9.59 Å². The molecule has 0 aliphatic carbocycles. The van der Waals surface area contributed by atoms with Crippen molar-refractivity contribution in [1.29, 1.82) is 0 Å². The number of hydrazone groups is 1. The Labute approximate surface area is 243 Å². The zero-order valence-corrected chi connectivity index (χ0v) is 23.6. The van der Waals surface area contributed by atoms with Crippen molar-refractivity contribution in [2.75, 3.05) is 6.61 Å². The fourth-order valence-corrected chi connectivity index (χ4v) is 4.78. The number of ether oxygens (including phenoxy) is 2. The van der Waals surface area contributed by atoms with E-state index in [0.717, 1.165) is 20.9 Å². The molecule has 5 rings (SSSR count). The molecule has 2 N–H and O–H groups in total. The molecule has 4 aromatic carbocycles. The first-order chi connectivity index (χ1) is 19.4. The van der Waals surface area contributed by atoms with Crippen molar-refractivity contribution in [2.24, 2.45) is 5.10 Å². The molecule has 0 saturated carbocycles. The van der Waals surface area contributed by atoms with Crippen LogP contribution in [0.1, 0.15) is 33.3 Å². The first-order valence-corrected chi connectivity index (χ1v) is 13.5. The number of carbonyl (C=O) groups excluding carboxylic acids is 2. The van der Waals surface area contributed by atoms with Gasteiger partial charge in [0, 0.05) is 31.5 Å². The molecule has 7 nitrogen and oxygen atoms in total. The van der Waals surface area contributed by atoms with E-state index in [1.807, 2.05) is 49.4 Å². The van der Waals surface area contributed by atoms with Crippen LogP contribution in [0.25, 0.3) is 22.0 Å². The van der Waals surface area contributed by atoms with Crippen molar-refractivity contribution < 1.29 is 19.1 Å². The molecule has 0 atom stereocenters. The highest BCUT2D eigenvalue weighted by atomic mass is 79.9. The molecule has 1 amide bonds. The molecular formula is C31H23BrClN3O4. The summed E-state index contributed by atoms with van der Waals surface area (Å²) in [7, 11) is 0. The molecule has 0 radical (unpaired) electrons. The molecule has 40 heavy (non-hydrogen) atoms. The predicted molar refractivity (Wildman–Crippen MR) is 161 cm³/mol. The zero-order valence-electron chi connectivity index (χ0n) is 21.3. The maximum absolute atomic E-state index is 13.3. The minimum atomic E-state index is -0.491. The van der Waals surface area contributed by atoms with Crippen molar-refractivity contribution in [3.05, 3.63) is 117 Å². The normalized spacial score (nSPS) is 11.1. The fourth-order valence-electron chi connectivity index (χ4n) is 4.19. The molecule has 0 aliphatic heterocycles. The average molecular weight is 617 g/mol. The summed E-state index contributed by atoms with van der Waals surface area (Å²) < 4.78 is 12.1. The predicted octanol–water partition coefficient (Wildman–Crippen LogP) is 7.63. The van der Waals surface area contributed by atoms with Crippen LogP contribution in [0.15, 0.2) is 101 Å². The molecular weight excluding hydrogens is 594 g/mol. The Balaban J connectivity index is 1.38. The number of H-pyrrole nitrogens is 1. The summed E-state index contributed by atoms with van der Waals surface area (Å²) in [5, 5.41) is 5.52. The van der Waals surface area contributed by atoms with Gasteiger partial charge < -0.3 is 14.5 Å². The van der Waals surface area contributed by atoms with E-state index in [1.54, 1.807) is 48.5 Å². The highest BCUT2D eigenvalue weighted by Crippen LogP contribution is 2.37. The highest BCUT2D eigenvalue weighted by Gasteiger charge is 2.21. The van der Waals surface area contributed by atoms with Gasteiger partial charge in [-0.1, -0.05) is 63.9 Å². The van der Waals surface area contributed by atoms with Crippen molar-refractivity contribution in [3.8, 4) is 22.6 Å². The van der Waals surface area contributed by atoms with Crippen molar-refractivity contribution in [3.63, 3.8) is 0 Å². The van der Waals surface area contributed by atoms with Crippen molar-refractivity contribution >= 4 is 56.5 Å². The summed E-state index contributed by atoms with van der Waals surface area (Å²) in [5.74, 6) is -0.262. The van der Waals surface area contributed by atoms with Crippen LogP contribution in [0.2, 0.25) is 5.02 Å². The van der Waals surface area contributed by atoms with Gasteiger partial charge in [0.1, 0.15) is 5.69 Å². The second kappa shape index (κ2) is 12.2. The third-order valence-corrected chi connectivity index (χ3v) is 6.81. The van der Waals surface area contributed by atoms with Gasteiger partial charge in [-0.05, 0) is 67.1 Å². The van der Waals surface area contributed by atoms with Gasteiger partial charge in [0.25, 0.3) is 5.91 Å². The van der Waals surface area contributed by atoms with Gasteiger partial charge in [-0.25, -0.2) is 10.2 Å². The Morgan fingerprint density at radius 1 is 0.975 bits per heavy atom. The number of hydrogen-bond acceptors (Lipinski definition) is 5. The molecule has 0 spiro atoms. The van der Waals surface area contributed by atoms with E-state index in [2.05, 4.69) is 31.4 Å². The molecule has 0 saturated heterocycles. The topological polar surface area (TPSA) is 92.8 Å². The van der Waals surface area contributed by atoms with E-state index >= 15 is 0 Å². The lowest BCUT2D eigenvalue weighted by Crippen LogP contribution is -2.19. The quantitative estimate of drug-likeness (QED) is 0.0811. The average Bonchev–Trinajstić information content (AvgIpc) is 3.33. The second-order valence-electron chi connectivity index (χ2n) is 8.64. The number of esters is 1. The van der Waals surface area contributed by atoms with Crippen LogP contribution in [0, 0.1) is 0 Å². The summed E-state index contributed by atoms with van der Waals surface area (Å²) in [5.41, 5.74) is 6.18. The molecule has 0 bridgehead atoms. The Kier molecular flexibility index (Phi) is 8.28. The molecule has 9 heteroatoms. The Hall–Kier alpha value is -4.40. The van der Waals surface area contributed by atoms with Crippen molar-refractivity contribution in [2.45, 2.75) is 6.92 Å². The number of amides is 1. The third kappa shape index (κ3) is 5.93. The lowest BCUT2D eigenvalue weighted by molar-refractivity contribution is 0.0728. The second-order valence-corrected chi connectivity index (χ2v) is 9.96. The van der Waals surface area contributed by atoms with Crippen LogP contribution in [-0.4, -0.2) is 29.7 Å². The smallest absolute Gasteiger partial charge is 0.343 e. The molecule has 0 aliphatic rings. The van der Waals surface area contributed by atoms with Gasteiger partial charge in [0.2, 0.25) is 0 Å². The third-order valence-electron chi connectivity index (χ3n) is 5.99. The maximum Gasteiger partial charge on any atom is 0.343 e. The standard InChI is InChI=1S/C31H23BrClN3O4/c1-2-39-27-16-19(12-15-26(27)40-31(38)20-8-4-3-5-9-20)18-34-36-30(37)29-28(22-10-6-7-11-24(22)33)23-17-21(32)13-14-25(23)35-29/h3-18,35H,2H2,1H3,(H,36,37). The lowest BCUT2D eigenvalue weighted by Gasteiger charge is -2.11. The van der Waals surface area contributed by atoms with E-state index in [4.69, 9.17) is 21.1 Å². The first-order valence-electron chi connectivity index (χ1n) is 12.4. The molecule has 0 fully saturated rings. The summed E-state index contributed by atoms with van der Waals surface area (Å²) >= 11 is 10.0. The fraction of sp³-hybridized carbons (Fsp3) is 0.0645. The molecule has 0 unspecified atom stereocenters. The van der Waals surface area contributed by atoms with Crippen LogP contribution < -0.4 is 14.9 Å². The number of nitrogens with one attached hydrogen (secondary N) is 2. The minimum absolute atomic E-state index is 0.283. The van der Waals surface area contributed by atoms with E-state index in [1.165, 1.54) is 6.21 Å². The number of fused-ring (bicyclic) bond motifs is 1. The number of nitrogens with zero attached hydrogens (tertiary/aromatic N) is 1. The van der Waals surface area contributed by atoms with Gasteiger partial charge >= 0.3 is 5.97 Å². The minimum Gasteiger partial charge on any atom is -0.490 e. The van der Waals surface area contributed by atoms with Crippen LogP contribution in [0.3, 0.4) is 0 Å². The summed E-state index contributed by atoms with van der Waals surface area (Å²) in [4.78, 5) is 29.0. The van der Waals surface area contributed by atoms with Gasteiger partial charge in [0.05, 0.1) is 18.4 Å². The van der Waals surface area contributed by atoms with E-state index in [-0.39, 0.29) is 5.75 Å². The number of halogens is 2. The van der Waals surface area contributed by atoms with Crippen LogP contribution in [0.4, 0.5) is 0 Å². The molecule has 1 aromatic heterocycles. The van der Waals surface area contributed by atoms with Crippen LogP contribution >= 0.6 is 27.5 Å².